The minimum atomic E-state index is 0.853. The van der Waals surface area contributed by atoms with Crippen LogP contribution in [-0.4, -0.2) is 26.3 Å². The van der Waals surface area contributed by atoms with Crippen molar-refractivity contribution in [2.24, 2.45) is 0 Å². The lowest BCUT2D eigenvalue weighted by Gasteiger charge is -2.08. The molecule has 5 nitrogen and oxygen atoms in total. The molecule has 90 valence electrons. The lowest BCUT2D eigenvalue weighted by atomic mass is 10.1. The van der Waals surface area contributed by atoms with Crippen molar-refractivity contribution in [3.8, 4) is 11.3 Å². The van der Waals surface area contributed by atoms with Crippen LogP contribution in [0.1, 0.15) is 19.4 Å². The van der Waals surface area contributed by atoms with Crippen molar-refractivity contribution >= 4 is 5.82 Å². The number of nitrogens with zero attached hydrogens (tertiary/aromatic N) is 4. The molecule has 0 aliphatic heterocycles. The molecule has 0 unspecified atom stereocenters. The largest absolute Gasteiger partial charge is 0.370 e. The molecule has 0 aliphatic rings. The maximum Gasteiger partial charge on any atom is 0.132 e. The number of aryl methyl sites for hydroxylation is 1. The van der Waals surface area contributed by atoms with Crippen molar-refractivity contribution in [1.82, 2.24) is 19.7 Å². The Morgan fingerprint density at radius 3 is 2.76 bits per heavy atom. The van der Waals surface area contributed by atoms with E-state index in [9.17, 15) is 0 Å². The molecule has 17 heavy (non-hydrogen) atoms. The topological polar surface area (TPSA) is 55.6 Å². The van der Waals surface area contributed by atoms with E-state index in [2.05, 4.69) is 34.2 Å². The highest BCUT2D eigenvalue weighted by atomic mass is 15.3. The summed E-state index contributed by atoms with van der Waals surface area (Å²) in [6.45, 7) is 7.86. The molecule has 0 saturated carbocycles. The number of rotatable bonds is 4. The molecule has 0 bridgehead atoms. The molecule has 0 spiro atoms. The van der Waals surface area contributed by atoms with E-state index in [4.69, 9.17) is 0 Å². The fraction of sp³-hybridized carbons (Fsp3) is 0.417. The van der Waals surface area contributed by atoms with Gasteiger partial charge in [-0.05, 0) is 20.8 Å². The Hall–Kier alpha value is -1.91. The van der Waals surface area contributed by atoms with Crippen molar-refractivity contribution in [3.63, 3.8) is 0 Å². The zero-order valence-electron chi connectivity index (χ0n) is 10.4. The molecule has 2 rings (SSSR count). The van der Waals surface area contributed by atoms with E-state index in [-0.39, 0.29) is 0 Å². The Kier molecular flexibility index (Phi) is 3.37. The van der Waals surface area contributed by atoms with E-state index < -0.39 is 0 Å². The van der Waals surface area contributed by atoms with Gasteiger partial charge in [-0.2, -0.15) is 5.10 Å². The second-order valence-electron chi connectivity index (χ2n) is 3.81. The summed E-state index contributed by atoms with van der Waals surface area (Å²) in [5, 5.41) is 7.49. The highest BCUT2D eigenvalue weighted by molar-refractivity contribution is 5.66. The van der Waals surface area contributed by atoms with Gasteiger partial charge in [0.1, 0.15) is 12.1 Å². The second-order valence-corrected chi connectivity index (χ2v) is 3.81. The summed E-state index contributed by atoms with van der Waals surface area (Å²) < 4.78 is 1.89. The molecular weight excluding hydrogens is 214 g/mol. The molecule has 2 aromatic heterocycles. The van der Waals surface area contributed by atoms with E-state index in [0.29, 0.717) is 0 Å². The summed E-state index contributed by atoms with van der Waals surface area (Å²) in [6, 6.07) is 0. The maximum absolute atomic E-state index is 4.33. The predicted molar refractivity (Wildman–Crippen MR) is 67.8 cm³/mol. The van der Waals surface area contributed by atoms with Gasteiger partial charge >= 0.3 is 0 Å². The van der Waals surface area contributed by atoms with Crippen molar-refractivity contribution in [3.05, 3.63) is 24.3 Å². The number of hydrogen-bond acceptors (Lipinski definition) is 4. The molecule has 0 saturated heterocycles. The van der Waals surface area contributed by atoms with Crippen LogP contribution in [0.3, 0.4) is 0 Å². The average molecular weight is 231 g/mol. The smallest absolute Gasteiger partial charge is 0.132 e. The Morgan fingerprint density at radius 2 is 2.12 bits per heavy atom. The summed E-state index contributed by atoms with van der Waals surface area (Å²) in [5.74, 6) is 0.891. The van der Waals surface area contributed by atoms with Gasteiger partial charge in [0.2, 0.25) is 0 Å². The molecule has 1 N–H and O–H groups in total. The van der Waals surface area contributed by atoms with E-state index in [1.165, 1.54) is 0 Å². The van der Waals surface area contributed by atoms with Gasteiger partial charge < -0.3 is 5.32 Å². The average Bonchev–Trinajstić information content (AvgIpc) is 2.80. The third-order valence-corrected chi connectivity index (χ3v) is 2.66. The second kappa shape index (κ2) is 4.95. The van der Waals surface area contributed by atoms with Crippen LogP contribution in [0.15, 0.2) is 18.7 Å². The van der Waals surface area contributed by atoms with Gasteiger partial charge in [-0.3, -0.25) is 4.68 Å². The molecule has 5 heteroatoms. The molecule has 0 fully saturated rings. The van der Waals surface area contributed by atoms with Gasteiger partial charge in [0.15, 0.2) is 0 Å². The first-order valence-electron chi connectivity index (χ1n) is 5.84. The first-order valence-corrected chi connectivity index (χ1v) is 5.84. The summed E-state index contributed by atoms with van der Waals surface area (Å²) in [5.41, 5.74) is 3.03. The van der Waals surface area contributed by atoms with Crippen molar-refractivity contribution in [2.45, 2.75) is 27.3 Å². The van der Waals surface area contributed by atoms with Crippen LogP contribution in [0.5, 0.6) is 0 Å². The van der Waals surface area contributed by atoms with Gasteiger partial charge in [-0.15, -0.1) is 0 Å². The van der Waals surface area contributed by atoms with Crippen molar-refractivity contribution in [1.29, 1.82) is 0 Å². The first kappa shape index (κ1) is 11.6. The van der Waals surface area contributed by atoms with Crippen molar-refractivity contribution < 1.29 is 0 Å². The summed E-state index contributed by atoms with van der Waals surface area (Å²) in [6.07, 6.45) is 5.43. The lowest BCUT2D eigenvalue weighted by Crippen LogP contribution is -2.03. The summed E-state index contributed by atoms with van der Waals surface area (Å²) in [7, 11) is 0. The van der Waals surface area contributed by atoms with Gasteiger partial charge in [0, 0.05) is 30.4 Å². The minimum Gasteiger partial charge on any atom is -0.370 e. The number of nitrogens with one attached hydrogen (secondary N) is 1. The standard InChI is InChI=1S/C12H17N5/c1-4-13-12-9(3)11(14-8-15-12)10-6-16-17(5-2)7-10/h6-8H,4-5H2,1-3H3,(H,13,14,15). The zero-order valence-corrected chi connectivity index (χ0v) is 10.4. The normalized spacial score (nSPS) is 10.5. The molecule has 0 aliphatic carbocycles. The van der Waals surface area contributed by atoms with Gasteiger partial charge in [-0.1, -0.05) is 0 Å². The van der Waals surface area contributed by atoms with Gasteiger partial charge in [0.25, 0.3) is 0 Å². The van der Waals surface area contributed by atoms with Crippen LogP contribution < -0.4 is 5.32 Å². The molecule has 0 radical (unpaired) electrons. The van der Waals surface area contributed by atoms with Crippen LogP contribution in [0, 0.1) is 6.92 Å². The van der Waals surface area contributed by atoms with Crippen LogP contribution in [-0.2, 0) is 6.54 Å². The number of aromatic nitrogens is 4. The third-order valence-electron chi connectivity index (χ3n) is 2.66. The predicted octanol–water partition coefficient (Wildman–Crippen LogP) is 2.10. The quantitative estimate of drug-likeness (QED) is 0.875. The third kappa shape index (κ3) is 2.27. The number of anilines is 1. The highest BCUT2D eigenvalue weighted by Gasteiger charge is 2.10. The fourth-order valence-electron chi connectivity index (χ4n) is 1.75. The lowest BCUT2D eigenvalue weighted by molar-refractivity contribution is 0.660. The first-order chi connectivity index (χ1) is 8.26. The van der Waals surface area contributed by atoms with E-state index in [1.807, 2.05) is 24.0 Å². The van der Waals surface area contributed by atoms with E-state index >= 15 is 0 Å². The Labute approximate surface area is 101 Å². The summed E-state index contributed by atoms with van der Waals surface area (Å²) in [4.78, 5) is 8.57. The zero-order chi connectivity index (χ0) is 12.3. The Bertz CT molecular complexity index is 503. The van der Waals surface area contributed by atoms with Crippen molar-refractivity contribution in [2.75, 3.05) is 11.9 Å². The molecule has 0 aromatic carbocycles. The minimum absolute atomic E-state index is 0.853. The van der Waals surface area contributed by atoms with E-state index in [1.54, 1.807) is 6.33 Å². The van der Waals surface area contributed by atoms with Crippen LogP contribution in [0.25, 0.3) is 11.3 Å². The fourth-order valence-corrected chi connectivity index (χ4v) is 1.75. The van der Waals surface area contributed by atoms with Gasteiger partial charge in [-0.25, -0.2) is 9.97 Å². The SMILES string of the molecule is CCNc1ncnc(-c2cnn(CC)c2)c1C. The maximum atomic E-state index is 4.33. The van der Waals surface area contributed by atoms with Crippen LogP contribution in [0.4, 0.5) is 5.82 Å². The Morgan fingerprint density at radius 1 is 1.29 bits per heavy atom. The number of hydrogen-bond donors (Lipinski definition) is 1. The van der Waals surface area contributed by atoms with Crippen LogP contribution in [0.2, 0.25) is 0 Å². The molecule has 2 aromatic rings. The monoisotopic (exact) mass is 231 g/mol. The summed E-state index contributed by atoms with van der Waals surface area (Å²) >= 11 is 0. The van der Waals surface area contributed by atoms with E-state index in [0.717, 1.165) is 35.7 Å². The Balaban J connectivity index is 2.41. The van der Waals surface area contributed by atoms with Gasteiger partial charge in [0.05, 0.1) is 11.9 Å². The molecular formula is C12H17N5. The highest BCUT2D eigenvalue weighted by Crippen LogP contribution is 2.23. The molecule has 0 atom stereocenters. The molecule has 0 amide bonds. The molecule has 2 heterocycles. The van der Waals surface area contributed by atoms with Crippen LogP contribution >= 0.6 is 0 Å².